The van der Waals surface area contributed by atoms with Gasteiger partial charge in [-0.15, -0.1) is 0 Å². The monoisotopic (exact) mass is 324 g/mol. The van der Waals surface area contributed by atoms with Crippen LogP contribution in [0.15, 0.2) is 36.4 Å². The van der Waals surface area contributed by atoms with Crippen molar-refractivity contribution < 1.29 is 9.59 Å². The summed E-state index contributed by atoms with van der Waals surface area (Å²) in [5, 5.41) is 2.94. The maximum absolute atomic E-state index is 12.6. The van der Waals surface area contributed by atoms with E-state index in [4.69, 9.17) is 5.73 Å². The van der Waals surface area contributed by atoms with Crippen LogP contribution < -0.4 is 11.1 Å². The largest absolute Gasteiger partial charge is 0.366 e. The normalized spacial score (nSPS) is 10.5. The summed E-state index contributed by atoms with van der Waals surface area (Å²) in [4.78, 5) is 24.3. The second kappa shape index (κ2) is 7.77. The van der Waals surface area contributed by atoms with Gasteiger partial charge in [0.15, 0.2) is 0 Å². The van der Waals surface area contributed by atoms with Gasteiger partial charge in [-0.05, 0) is 54.2 Å². The van der Waals surface area contributed by atoms with Gasteiger partial charge in [0.1, 0.15) is 0 Å². The van der Waals surface area contributed by atoms with Crippen LogP contribution in [0.2, 0.25) is 0 Å². The van der Waals surface area contributed by atoms with Gasteiger partial charge in [-0.1, -0.05) is 38.1 Å². The van der Waals surface area contributed by atoms with Crippen molar-refractivity contribution >= 4 is 11.8 Å². The van der Waals surface area contributed by atoms with Gasteiger partial charge >= 0.3 is 0 Å². The molecule has 4 nitrogen and oxygen atoms in total. The van der Waals surface area contributed by atoms with Gasteiger partial charge in [-0.3, -0.25) is 9.59 Å². The summed E-state index contributed by atoms with van der Waals surface area (Å²) in [5.41, 5.74) is 10.3. The Morgan fingerprint density at radius 1 is 1.00 bits per heavy atom. The van der Waals surface area contributed by atoms with Crippen molar-refractivity contribution in [2.24, 2.45) is 5.73 Å². The van der Waals surface area contributed by atoms with E-state index in [2.05, 4.69) is 24.4 Å². The average Bonchev–Trinajstić information content (AvgIpc) is 2.58. The first-order chi connectivity index (χ1) is 11.5. The minimum Gasteiger partial charge on any atom is -0.366 e. The Kier molecular flexibility index (Phi) is 5.74. The number of primary amides is 1. The lowest BCUT2D eigenvalue weighted by Crippen LogP contribution is -2.26. The lowest BCUT2D eigenvalue weighted by atomic mass is 9.95. The molecular weight excluding hydrogens is 300 g/mol. The quantitative estimate of drug-likeness (QED) is 0.857. The first-order valence-electron chi connectivity index (χ1n) is 8.25. The third-order valence-electron chi connectivity index (χ3n) is 4.11. The van der Waals surface area contributed by atoms with Crippen molar-refractivity contribution in [2.45, 2.75) is 40.2 Å². The summed E-state index contributed by atoms with van der Waals surface area (Å²) < 4.78 is 0. The summed E-state index contributed by atoms with van der Waals surface area (Å²) in [5.74, 6) is -0.680. The fraction of sp³-hybridized carbons (Fsp3) is 0.300. The van der Waals surface area contributed by atoms with E-state index in [0.717, 1.165) is 17.5 Å². The molecule has 0 unspecified atom stereocenters. The molecular formula is C20H24N2O2. The van der Waals surface area contributed by atoms with Crippen LogP contribution in [0.1, 0.15) is 56.8 Å². The van der Waals surface area contributed by atoms with Crippen molar-refractivity contribution in [1.29, 1.82) is 0 Å². The average molecular weight is 324 g/mol. The Morgan fingerprint density at radius 2 is 1.67 bits per heavy atom. The van der Waals surface area contributed by atoms with Gasteiger partial charge in [-0.2, -0.15) is 0 Å². The molecule has 0 fully saturated rings. The number of nitrogens with one attached hydrogen (secondary N) is 1. The number of amides is 2. The predicted octanol–water partition coefficient (Wildman–Crippen LogP) is 3.15. The molecule has 0 atom stereocenters. The molecule has 4 heteroatoms. The minimum absolute atomic E-state index is 0.181. The number of nitrogens with two attached hydrogens (primary N) is 1. The maximum atomic E-state index is 12.6. The third-order valence-corrected chi connectivity index (χ3v) is 4.11. The van der Waals surface area contributed by atoms with E-state index in [0.29, 0.717) is 29.7 Å². The zero-order chi connectivity index (χ0) is 17.7. The second-order valence-electron chi connectivity index (χ2n) is 5.91. The van der Waals surface area contributed by atoms with E-state index in [1.165, 1.54) is 5.56 Å². The molecule has 0 aliphatic heterocycles. The van der Waals surface area contributed by atoms with Gasteiger partial charge in [0.25, 0.3) is 5.91 Å². The Bertz CT molecular complexity index is 766. The molecule has 2 aromatic carbocycles. The van der Waals surface area contributed by atoms with E-state index >= 15 is 0 Å². The molecule has 0 aromatic heterocycles. The Balaban J connectivity index is 2.24. The molecule has 0 aliphatic rings. The topological polar surface area (TPSA) is 72.2 Å². The van der Waals surface area contributed by atoms with Crippen LogP contribution in [0, 0.1) is 6.92 Å². The zero-order valence-electron chi connectivity index (χ0n) is 14.5. The Hall–Kier alpha value is -2.62. The molecule has 3 N–H and O–H groups in total. The molecule has 0 saturated heterocycles. The lowest BCUT2D eigenvalue weighted by Gasteiger charge is -2.14. The van der Waals surface area contributed by atoms with Crippen LogP contribution in [-0.2, 0) is 19.4 Å². The first-order valence-corrected chi connectivity index (χ1v) is 8.25. The highest BCUT2D eigenvalue weighted by Crippen LogP contribution is 2.19. The highest BCUT2D eigenvalue weighted by molar-refractivity contribution is 6.02. The summed E-state index contributed by atoms with van der Waals surface area (Å²) in [6, 6.07) is 11.7. The van der Waals surface area contributed by atoms with E-state index in [9.17, 15) is 9.59 Å². The SMILES string of the molecule is CCc1cccc(CNC(=O)c2cc(C)cc(C(N)=O)c2CC)c1. The summed E-state index contributed by atoms with van der Waals surface area (Å²) in [6.45, 7) is 6.32. The number of benzene rings is 2. The van der Waals surface area contributed by atoms with Gasteiger partial charge in [0.2, 0.25) is 5.91 Å². The van der Waals surface area contributed by atoms with Crippen LogP contribution >= 0.6 is 0 Å². The molecule has 0 spiro atoms. The summed E-state index contributed by atoms with van der Waals surface area (Å²) in [6.07, 6.45) is 1.54. The third kappa shape index (κ3) is 4.02. The van der Waals surface area contributed by atoms with Crippen molar-refractivity contribution in [3.8, 4) is 0 Å². The Morgan fingerprint density at radius 3 is 2.29 bits per heavy atom. The number of carbonyl (C=O) groups excluding carboxylic acids is 2. The summed E-state index contributed by atoms with van der Waals surface area (Å²) in [7, 11) is 0. The van der Waals surface area contributed by atoms with Crippen molar-refractivity contribution in [1.82, 2.24) is 5.32 Å². The lowest BCUT2D eigenvalue weighted by molar-refractivity contribution is 0.0950. The number of carbonyl (C=O) groups is 2. The number of hydrogen-bond donors (Lipinski definition) is 2. The number of rotatable bonds is 6. The molecule has 2 amide bonds. The van der Waals surface area contributed by atoms with Crippen LogP contribution in [-0.4, -0.2) is 11.8 Å². The molecule has 2 rings (SSSR count). The standard InChI is InChI=1S/C20H24N2O2/c1-4-14-7-6-8-15(11-14)12-22-20(24)18-10-13(3)9-17(19(21)23)16(18)5-2/h6-11H,4-5,12H2,1-3H3,(H2,21,23)(H,22,24). The first kappa shape index (κ1) is 17.7. The van der Waals surface area contributed by atoms with Gasteiger partial charge in [-0.25, -0.2) is 0 Å². The highest BCUT2D eigenvalue weighted by atomic mass is 16.2. The van der Waals surface area contributed by atoms with Gasteiger partial charge < -0.3 is 11.1 Å². The van der Waals surface area contributed by atoms with Crippen molar-refractivity contribution in [3.63, 3.8) is 0 Å². The molecule has 0 aliphatic carbocycles. The van der Waals surface area contributed by atoms with E-state index in [1.807, 2.05) is 32.0 Å². The van der Waals surface area contributed by atoms with Crippen LogP contribution in [0.25, 0.3) is 0 Å². The van der Waals surface area contributed by atoms with Gasteiger partial charge in [0.05, 0.1) is 0 Å². The minimum atomic E-state index is -0.500. The van der Waals surface area contributed by atoms with Gasteiger partial charge in [0, 0.05) is 17.7 Å². The predicted molar refractivity (Wildman–Crippen MR) is 96.1 cm³/mol. The molecule has 0 radical (unpaired) electrons. The molecule has 126 valence electrons. The molecule has 0 bridgehead atoms. The summed E-state index contributed by atoms with van der Waals surface area (Å²) >= 11 is 0. The second-order valence-corrected chi connectivity index (χ2v) is 5.91. The smallest absolute Gasteiger partial charge is 0.251 e. The zero-order valence-corrected chi connectivity index (χ0v) is 14.5. The molecule has 0 saturated carbocycles. The molecule has 24 heavy (non-hydrogen) atoms. The van der Waals surface area contributed by atoms with Crippen molar-refractivity contribution in [3.05, 3.63) is 69.8 Å². The maximum Gasteiger partial charge on any atom is 0.251 e. The van der Waals surface area contributed by atoms with Crippen LogP contribution in [0.3, 0.4) is 0 Å². The fourth-order valence-electron chi connectivity index (χ4n) is 2.86. The molecule has 0 heterocycles. The highest BCUT2D eigenvalue weighted by Gasteiger charge is 2.17. The number of aryl methyl sites for hydroxylation is 2. The van der Waals surface area contributed by atoms with E-state index < -0.39 is 5.91 Å². The van der Waals surface area contributed by atoms with E-state index in [-0.39, 0.29) is 5.91 Å². The fourth-order valence-corrected chi connectivity index (χ4v) is 2.86. The van der Waals surface area contributed by atoms with E-state index in [1.54, 1.807) is 6.07 Å². The van der Waals surface area contributed by atoms with Crippen LogP contribution in [0.4, 0.5) is 0 Å². The van der Waals surface area contributed by atoms with Crippen LogP contribution in [0.5, 0.6) is 0 Å². The van der Waals surface area contributed by atoms with Crippen molar-refractivity contribution in [2.75, 3.05) is 0 Å². The Labute approximate surface area is 143 Å². The molecule has 2 aromatic rings. The number of hydrogen-bond acceptors (Lipinski definition) is 2.